The van der Waals surface area contributed by atoms with Gasteiger partial charge in [-0.2, -0.15) is 0 Å². The Morgan fingerprint density at radius 1 is 1.00 bits per heavy atom. The van der Waals surface area contributed by atoms with Gasteiger partial charge in [0, 0.05) is 15.4 Å². The molecule has 3 rings (SSSR count). The second kappa shape index (κ2) is 4.31. The van der Waals surface area contributed by atoms with E-state index in [1.807, 2.05) is 12.1 Å². The van der Waals surface area contributed by atoms with Gasteiger partial charge >= 0.3 is 0 Å². The van der Waals surface area contributed by atoms with Crippen LogP contribution < -0.4 is 0 Å². The van der Waals surface area contributed by atoms with Crippen molar-refractivity contribution in [3.05, 3.63) is 63.3 Å². The van der Waals surface area contributed by atoms with E-state index in [2.05, 4.69) is 30.7 Å². The van der Waals surface area contributed by atoms with E-state index in [1.54, 1.807) is 29.8 Å². The lowest BCUT2D eigenvalue weighted by Crippen LogP contribution is -1.80. The summed E-state index contributed by atoms with van der Waals surface area (Å²) in [6.07, 6.45) is 12.7. The van der Waals surface area contributed by atoms with Crippen LogP contribution >= 0.6 is 23.5 Å². The van der Waals surface area contributed by atoms with Crippen molar-refractivity contribution in [1.29, 1.82) is 0 Å². The Hall–Kier alpha value is -1.06. The number of allylic oxidation sites excluding steroid dienone is 6. The zero-order chi connectivity index (χ0) is 11.8. The number of fused-ring (bicyclic) bond motifs is 1. The Morgan fingerprint density at radius 2 is 1.88 bits per heavy atom. The summed E-state index contributed by atoms with van der Waals surface area (Å²) >= 11 is 3.57. The van der Waals surface area contributed by atoms with Crippen LogP contribution in [-0.4, -0.2) is 12.5 Å². The van der Waals surface area contributed by atoms with Crippen LogP contribution in [0.4, 0.5) is 0 Å². The molecule has 1 heterocycles. The van der Waals surface area contributed by atoms with Crippen LogP contribution in [0.25, 0.3) is 5.57 Å². The molecule has 1 nitrogen and oxygen atoms in total. The van der Waals surface area contributed by atoms with Crippen molar-refractivity contribution in [2.45, 2.75) is 0 Å². The lowest BCUT2D eigenvalue weighted by atomic mass is 10.1. The molecule has 0 unspecified atom stereocenters. The molecule has 1 aromatic rings. The smallest absolute Gasteiger partial charge is 0.134 e. The maximum Gasteiger partial charge on any atom is 0.134 e. The molecule has 2 aliphatic rings. The fraction of sp³-hybridized carbons (Fsp3) is 0.143. The van der Waals surface area contributed by atoms with Crippen molar-refractivity contribution >= 4 is 29.1 Å². The van der Waals surface area contributed by atoms with Crippen molar-refractivity contribution in [1.82, 2.24) is 0 Å². The highest BCUT2D eigenvalue weighted by Crippen LogP contribution is 2.46. The van der Waals surface area contributed by atoms with E-state index >= 15 is 0 Å². The molecule has 3 heteroatoms. The van der Waals surface area contributed by atoms with Gasteiger partial charge in [0.2, 0.25) is 0 Å². The van der Waals surface area contributed by atoms with Gasteiger partial charge in [-0.25, -0.2) is 0 Å². The van der Waals surface area contributed by atoms with Crippen molar-refractivity contribution in [3.63, 3.8) is 0 Å². The molecule has 0 saturated carbocycles. The maximum atomic E-state index is 5.51. The molecule has 17 heavy (non-hydrogen) atoms. The monoisotopic (exact) mass is 260 g/mol. The Balaban J connectivity index is 2.13. The van der Waals surface area contributed by atoms with Crippen LogP contribution in [0.3, 0.4) is 0 Å². The first-order chi connectivity index (χ1) is 8.33. The van der Waals surface area contributed by atoms with E-state index < -0.39 is 0 Å². The number of hydrogen-bond acceptors (Lipinski definition) is 3. The van der Waals surface area contributed by atoms with Gasteiger partial charge < -0.3 is 4.42 Å². The minimum Gasteiger partial charge on any atom is -0.464 e. The van der Waals surface area contributed by atoms with Gasteiger partial charge in [0.1, 0.15) is 5.76 Å². The molecule has 0 radical (unpaired) electrons. The summed E-state index contributed by atoms with van der Waals surface area (Å²) < 4.78 is 5.51. The quantitative estimate of drug-likeness (QED) is 0.795. The molecular formula is C14H12OS2. The minimum atomic E-state index is 0.952. The lowest BCUT2D eigenvalue weighted by Gasteiger charge is -1.99. The first kappa shape index (κ1) is 11.1. The van der Waals surface area contributed by atoms with Gasteiger partial charge in [-0.15, -0.1) is 23.5 Å². The predicted molar refractivity (Wildman–Crippen MR) is 76.9 cm³/mol. The number of rotatable bonds is 3. The van der Waals surface area contributed by atoms with Crippen molar-refractivity contribution < 1.29 is 4.42 Å². The largest absolute Gasteiger partial charge is 0.464 e. The van der Waals surface area contributed by atoms with Gasteiger partial charge in [0.05, 0.1) is 6.26 Å². The van der Waals surface area contributed by atoms with Gasteiger partial charge in [-0.05, 0) is 54.0 Å². The van der Waals surface area contributed by atoms with E-state index in [1.165, 1.54) is 26.5 Å². The Bertz CT molecular complexity index is 571. The second-order valence-corrected chi connectivity index (χ2v) is 5.55. The Kier molecular flexibility index (Phi) is 2.81. The summed E-state index contributed by atoms with van der Waals surface area (Å²) in [4.78, 5) is 2.64. The summed E-state index contributed by atoms with van der Waals surface area (Å²) in [7, 11) is 0. The molecule has 0 aliphatic heterocycles. The number of hydrogen-bond donors (Lipinski definition) is 0. The van der Waals surface area contributed by atoms with Crippen LogP contribution in [-0.2, 0) is 0 Å². The second-order valence-electron chi connectivity index (χ2n) is 3.83. The zero-order valence-electron chi connectivity index (χ0n) is 9.69. The van der Waals surface area contributed by atoms with Gasteiger partial charge in [-0.1, -0.05) is 0 Å². The molecule has 0 amide bonds. The molecule has 0 fully saturated rings. The van der Waals surface area contributed by atoms with Crippen molar-refractivity contribution in [2.75, 3.05) is 12.5 Å². The molecule has 1 aromatic heterocycles. The van der Waals surface area contributed by atoms with Crippen LogP contribution in [0, 0.1) is 0 Å². The normalized spacial score (nSPS) is 18.1. The summed E-state index contributed by atoms with van der Waals surface area (Å²) in [6, 6.07) is 3.95. The molecule has 0 spiro atoms. The Labute approximate surface area is 109 Å². The number of thioether (sulfide) groups is 2. The van der Waals surface area contributed by atoms with Crippen molar-refractivity contribution in [3.8, 4) is 0 Å². The zero-order valence-corrected chi connectivity index (χ0v) is 11.3. The van der Waals surface area contributed by atoms with Crippen LogP contribution in [0.5, 0.6) is 0 Å². The third-order valence-electron chi connectivity index (χ3n) is 2.94. The fourth-order valence-corrected chi connectivity index (χ4v) is 3.21. The molecule has 2 aliphatic carbocycles. The van der Waals surface area contributed by atoms with Crippen molar-refractivity contribution in [2.24, 2.45) is 0 Å². The highest BCUT2D eigenvalue weighted by molar-refractivity contribution is 8.03. The Morgan fingerprint density at radius 3 is 2.53 bits per heavy atom. The lowest BCUT2D eigenvalue weighted by molar-refractivity contribution is 0.554. The van der Waals surface area contributed by atoms with E-state index in [9.17, 15) is 0 Å². The number of furan rings is 1. The minimum absolute atomic E-state index is 0.952. The maximum absolute atomic E-state index is 5.51. The third-order valence-corrected chi connectivity index (χ3v) is 4.42. The first-order valence-electron chi connectivity index (χ1n) is 5.35. The molecule has 86 valence electrons. The fourth-order valence-electron chi connectivity index (χ4n) is 2.12. The van der Waals surface area contributed by atoms with Crippen LogP contribution in [0.2, 0.25) is 0 Å². The van der Waals surface area contributed by atoms with E-state index in [0.29, 0.717) is 0 Å². The summed E-state index contributed by atoms with van der Waals surface area (Å²) in [5, 5.41) is 0. The van der Waals surface area contributed by atoms with Gasteiger partial charge in [-0.3, -0.25) is 0 Å². The highest BCUT2D eigenvalue weighted by Gasteiger charge is 2.26. The summed E-state index contributed by atoms with van der Waals surface area (Å²) in [5.74, 6) is 0.952. The average molecular weight is 260 g/mol. The standard InChI is InChI=1S/C14H12OS2/c1-16-9-6-10-11(13-4-3-5-15-13)8-14(17-2)12(10)7-9/h3-8H,1-2H3. The van der Waals surface area contributed by atoms with E-state index in [-0.39, 0.29) is 0 Å². The van der Waals surface area contributed by atoms with Gasteiger partial charge in [0.15, 0.2) is 0 Å². The van der Waals surface area contributed by atoms with E-state index in [0.717, 1.165) is 5.76 Å². The molecule has 0 aromatic carbocycles. The van der Waals surface area contributed by atoms with Crippen LogP contribution in [0.1, 0.15) is 5.76 Å². The molecular weight excluding hydrogens is 248 g/mol. The molecule has 0 bridgehead atoms. The van der Waals surface area contributed by atoms with Crippen LogP contribution in [0.15, 0.2) is 62.0 Å². The summed E-state index contributed by atoms with van der Waals surface area (Å²) in [6.45, 7) is 0. The topological polar surface area (TPSA) is 13.1 Å². The third kappa shape index (κ3) is 1.74. The SMILES string of the molecule is CSC1=CC2=C(c3ccco3)C=C(SC)C2=C1. The average Bonchev–Trinajstić information content (AvgIpc) is 3.04. The molecule has 0 N–H and O–H groups in total. The molecule has 0 atom stereocenters. The first-order valence-corrected chi connectivity index (χ1v) is 7.80. The highest BCUT2D eigenvalue weighted by atomic mass is 32.2. The van der Waals surface area contributed by atoms with Gasteiger partial charge in [0.25, 0.3) is 0 Å². The molecule has 0 saturated heterocycles. The predicted octanol–water partition coefficient (Wildman–Crippen LogP) is 4.48. The summed E-state index contributed by atoms with van der Waals surface area (Å²) in [5.41, 5.74) is 3.84. The van der Waals surface area contributed by atoms with E-state index in [4.69, 9.17) is 4.42 Å².